The molecule has 0 saturated carbocycles. The summed E-state index contributed by atoms with van der Waals surface area (Å²) < 4.78 is 16.1. The smallest absolute Gasteiger partial charge is 0.126 e. The third kappa shape index (κ3) is 4.00. The van der Waals surface area contributed by atoms with Gasteiger partial charge in [0.05, 0.1) is 0 Å². The summed E-state index contributed by atoms with van der Waals surface area (Å²) in [6.07, 6.45) is 2.93. The fourth-order valence-corrected chi connectivity index (χ4v) is 3.71. The average molecular weight is 372 g/mol. The molecule has 2 nitrogen and oxygen atoms in total. The predicted molar refractivity (Wildman–Crippen MR) is 114 cm³/mol. The fraction of sp³-hybridized carbons (Fsp3) is 0.200. The second-order valence-electron chi connectivity index (χ2n) is 7.24. The van der Waals surface area contributed by atoms with Crippen LogP contribution in [0.25, 0.3) is 10.9 Å². The van der Waals surface area contributed by atoms with Gasteiger partial charge in [-0.05, 0) is 54.3 Å². The summed E-state index contributed by atoms with van der Waals surface area (Å²) in [6.45, 7) is 4.54. The van der Waals surface area contributed by atoms with Gasteiger partial charge in [0.25, 0.3) is 0 Å². The first kappa shape index (κ1) is 18.5. The SMILES string of the molecule is Cc1ccccc1Cn1cc(CNCCc2ccccc2F)c2ccccc21. The van der Waals surface area contributed by atoms with Gasteiger partial charge in [-0.2, -0.15) is 0 Å². The highest BCUT2D eigenvalue weighted by Crippen LogP contribution is 2.23. The molecule has 1 heterocycles. The molecule has 0 aliphatic heterocycles. The molecule has 142 valence electrons. The van der Waals surface area contributed by atoms with Crippen molar-refractivity contribution in [3.05, 3.63) is 107 Å². The minimum atomic E-state index is -0.126. The summed E-state index contributed by atoms with van der Waals surface area (Å²) in [5, 5.41) is 4.75. The molecule has 3 heteroatoms. The molecule has 0 amide bonds. The monoisotopic (exact) mass is 372 g/mol. The van der Waals surface area contributed by atoms with Crippen molar-refractivity contribution < 1.29 is 4.39 Å². The standard InChI is InChI=1S/C25H25FN2/c1-19-8-2-3-10-21(19)17-28-18-22(23-11-5-7-13-25(23)28)16-27-15-14-20-9-4-6-12-24(20)26/h2-13,18,27H,14-17H2,1H3. The number of hydrogen-bond acceptors (Lipinski definition) is 1. The highest BCUT2D eigenvalue weighted by molar-refractivity contribution is 5.84. The number of nitrogens with zero attached hydrogens (tertiary/aromatic N) is 1. The second kappa shape index (κ2) is 8.41. The third-order valence-electron chi connectivity index (χ3n) is 5.32. The highest BCUT2D eigenvalue weighted by atomic mass is 19.1. The number of nitrogens with one attached hydrogen (secondary N) is 1. The van der Waals surface area contributed by atoms with Gasteiger partial charge in [-0.15, -0.1) is 0 Å². The van der Waals surface area contributed by atoms with Crippen LogP contribution in [-0.2, 0) is 19.5 Å². The molecule has 0 bridgehead atoms. The van der Waals surface area contributed by atoms with E-state index >= 15 is 0 Å². The van der Waals surface area contributed by atoms with E-state index in [0.29, 0.717) is 6.42 Å². The molecule has 0 saturated heterocycles. The van der Waals surface area contributed by atoms with Crippen LogP contribution >= 0.6 is 0 Å². The van der Waals surface area contributed by atoms with E-state index in [1.807, 2.05) is 12.1 Å². The topological polar surface area (TPSA) is 17.0 Å². The lowest BCUT2D eigenvalue weighted by atomic mass is 10.1. The lowest BCUT2D eigenvalue weighted by Crippen LogP contribution is -2.17. The van der Waals surface area contributed by atoms with Crippen molar-refractivity contribution >= 4 is 10.9 Å². The van der Waals surface area contributed by atoms with Gasteiger partial charge in [-0.25, -0.2) is 4.39 Å². The maximum Gasteiger partial charge on any atom is 0.126 e. The van der Waals surface area contributed by atoms with E-state index in [1.165, 1.54) is 33.7 Å². The molecule has 4 rings (SSSR count). The van der Waals surface area contributed by atoms with Crippen molar-refractivity contribution in [1.29, 1.82) is 0 Å². The Hall–Kier alpha value is -2.91. The van der Waals surface area contributed by atoms with Crippen LogP contribution in [0.4, 0.5) is 4.39 Å². The number of hydrogen-bond donors (Lipinski definition) is 1. The lowest BCUT2D eigenvalue weighted by molar-refractivity contribution is 0.598. The predicted octanol–water partition coefficient (Wildman–Crippen LogP) is 5.47. The Morgan fingerprint density at radius 2 is 1.54 bits per heavy atom. The zero-order valence-electron chi connectivity index (χ0n) is 16.2. The summed E-state index contributed by atoms with van der Waals surface area (Å²) in [5.74, 6) is -0.126. The van der Waals surface area contributed by atoms with Gasteiger partial charge >= 0.3 is 0 Å². The Morgan fingerprint density at radius 1 is 0.821 bits per heavy atom. The van der Waals surface area contributed by atoms with Crippen molar-refractivity contribution in [1.82, 2.24) is 9.88 Å². The summed E-state index contributed by atoms with van der Waals surface area (Å²) in [7, 11) is 0. The molecule has 0 aliphatic carbocycles. The van der Waals surface area contributed by atoms with Gasteiger partial charge in [-0.1, -0.05) is 60.7 Å². The zero-order chi connectivity index (χ0) is 19.3. The maximum atomic E-state index is 13.8. The summed E-state index contributed by atoms with van der Waals surface area (Å²) >= 11 is 0. The number of rotatable bonds is 7. The van der Waals surface area contributed by atoms with E-state index in [0.717, 1.165) is 25.2 Å². The van der Waals surface area contributed by atoms with Gasteiger partial charge in [0.2, 0.25) is 0 Å². The van der Waals surface area contributed by atoms with E-state index in [-0.39, 0.29) is 5.82 Å². The Labute approximate surface area is 165 Å². The summed E-state index contributed by atoms with van der Waals surface area (Å²) in [5.41, 5.74) is 5.93. The van der Waals surface area contributed by atoms with Crippen molar-refractivity contribution in [2.45, 2.75) is 26.4 Å². The molecule has 1 aromatic heterocycles. The Kier molecular flexibility index (Phi) is 5.54. The largest absolute Gasteiger partial charge is 0.343 e. The fourth-order valence-electron chi connectivity index (χ4n) is 3.71. The van der Waals surface area contributed by atoms with Crippen LogP contribution in [0.5, 0.6) is 0 Å². The van der Waals surface area contributed by atoms with Crippen LogP contribution in [0, 0.1) is 12.7 Å². The highest BCUT2D eigenvalue weighted by Gasteiger charge is 2.09. The molecule has 0 aliphatic rings. The van der Waals surface area contributed by atoms with Gasteiger partial charge in [0.15, 0.2) is 0 Å². The lowest BCUT2D eigenvalue weighted by Gasteiger charge is -2.08. The first-order chi connectivity index (χ1) is 13.7. The third-order valence-corrected chi connectivity index (χ3v) is 5.32. The van der Waals surface area contributed by atoms with Gasteiger partial charge < -0.3 is 9.88 Å². The molecule has 0 radical (unpaired) electrons. The van der Waals surface area contributed by atoms with E-state index < -0.39 is 0 Å². The van der Waals surface area contributed by atoms with Crippen LogP contribution in [0.3, 0.4) is 0 Å². The van der Waals surface area contributed by atoms with Gasteiger partial charge in [0, 0.05) is 30.2 Å². The number of aryl methyl sites for hydroxylation is 1. The molecule has 0 unspecified atom stereocenters. The van der Waals surface area contributed by atoms with Crippen LogP contribution in [0.15, 0.2) is 79.0 Å². The molecule has 0 atom stereocenters. The van der Waals surface area contributed by atoms with Crippen LogP contribution in [0.1, 0.15) is 22.3 Å². The Balaban J connectivity index is 1.48. The van der Waals surface area contributed by atoms with E-state index in [1.54, 1.807) is 6.07 Å². The van der Waals surface area contributed by atoms with Crippen LogP contribution < -0.4 is 5.32 Å². The van der Waals surface area contributed by atoms with Crippen molar-refractivity contribution in [3.8, 4) is 0 Å². The molecule has 28 heavy (non-hydrogen) atoms. The van der Waals surface area contributed by atoms with E-state index in [4.69, 9.17) is 0 Å². The summed E-state index contributed by atoms with van der Waals surface area (Å²) in [4.78, 5) is 0. The van der Waals surface area contributed by atoms with Crippen molar-refractivity contribution in [2.75, 3.05) is 6.54 Å². The number of fused-ring (bicyclic) bond motifs is 1. The minimum Gasteiger partial charge on any atom is -0.343 e. The van der Waals surface area contributed by atoms with Crippen molar-refractivity contribution in [2.24, 2.45) is 0 Å². The van der Waals surface area contributed by atoms with Crippen LogP contribution in [0.2, 0.25) is 0 Å². The van der Waals surface area contributed by atoms with E-state index in [9.17, 15) is 4.39 Å². The van der Waals surface area contributed by atoms with Crippen molar-refractivity contribution in [3.63, 3.8) is 0 Å². The maximum absolute atomic E-state index is 13.8. The number of aromatic nitrogens is 1. The molecule has 0 fully saturated rings. The number of para-hydroxylation sites is 1. The van der Waals surface area contributed by atoms with Crippen LogP contribution in [-0.4, -0.2) is 11.1 Å². The first-order valence-corrected chi connectivity index (χ1v) is 9.78. The molecular formula is C25H25FN2. The molecule has 1 N–H and O–H groups in total. The Morgan fingerprint density at radius 3 is 2.36 bits per heavy atom. The average Bonchev–Trinajstić information content (AvgIpc) is 3.06. The molecule has 3 aromatic carbocycles. The second-order valence-corrected chi connectivity index (χ2v) is 7.24. The minimum absolute atomic E-state index is 0.126. The quantitative estimate of drug-likeness (QED) is 0.426. The molecule has 0 spiro atoms. The molecular weight excluding hydrogens is 347 g/mol. The number of halogens is 1. The first-order valence-electron chi connectivity index (χ1n) is 9.78. The number of benzene rings is 3. The molecule has 4 aromatic rings. The van der Waals surface area contributed by atoms with E-state index in [2.05, 4.69) is 71.5 Å². The normalized spacial score (nSPS) is 11.2. The summed E-state index contributed by atoms with van der Waals surface area (Å²) in [6, 6.07) is 24.1. The zero-order valence-corrected chi connectivity index (χ0v) is 16.2. The van der Waals surface area contributed by atoms with Gasteiger partial charge in [0.1, 0.15) is 5.82 Å². The van der Waals surface area contributed by atoms with Gasteiger partial charge in [-0.3, -0.25) is 0 Å². The Bertz CT molecular complexity index is 1080.